The van der Waals surface area contributed by atoms with Crippen LogP contribution in [-0.2, 0) is 10.8 Å². The van der Waals surface area contributed by atoms with Crippen molar-refractivity contribution in [1.29, 1.82) is 0 Å². The van der Waals surface area contributed by atoms with Crippen LogP contribution >= 0.6 is 0 Å². The summed E-state index contributed by atoms with van der Waals surface area (Å²) in [5.74, 6) is 0.662. The Morgan fingerprint density at radius 2 is 1.57 bits per heavy atom. The molecule has 124 valence electrons. The molecule has 0 aliphatic carbocycles. The molecule has 0 bridgehead atoms. The molecule has 0 unspecified atom stereocenters. The summed E-state index contributed by atoms with van der Waals surface area (Å²) >= 11 is 0. The maximum absolute atomic E-state index is 11.8. The molecular formula is C18H25N3O2. The van der Waals surface area contributed by atoms with Crippen molar-refractivity contribution in [2.45, 2.75) is 52.4 Å². The molecule has 23 heavy (non-hydrogen) atoms. The first-order valence-corrected chi connectivity index (χ1v) is 7.68. The van der Waals surface area contributed by atoms with E-state index in [1.807, 2.05) is 12.1 Å². The second-order valence-electron chi connectivity index (χ2n) is 7.83. The minimum atomic E-state index is -0.218. The van der Waals surface area contributed by atoms with Gasteiger partial charge in [0.2, 0.25) is 0 Å². The smallest absolute Gasteiger partial charge is 0.301 e. The molecule has 5 heteroatoms. The summed E-state index contributed by atoms with van der Waals surface area (Å²) in [6.07, 6.45) is 4.27. The van der Waals surface area contributed by atoms with E-state index in [2.05, 4.69) is 51.8 Å². The Labute approximate surface area is 137 Å². The zero-order chi connectivity index (χ0) is 17.4. The number of phenolic OH excluding ortho intramolecular Hbond substituents is 1. The molecule has 0 amide bonds. The van der Waals surface area contributed by atoms with Gasteiger partial charge in [-0.1, -0.05) is 41.5 Å². The first-order chi connectivity index (χ1) is 10.5. The van der Waals surface area contributed by atoms with Gasteiger partial charge in [0.05, 0.1) is 6.20 Å². The van der Waals surface area contributed by atoms with Crippen LogP contribution in [0.3, 0.4) is 0 Å². The molecule has 5 nitrogen and oxygen atoms in total. The second-order valence-corrected chi connectivity index (χ2v) is 7.83. The lowest BCUT2D eigenvalue weighted by atomic mass is 9.79. The molecule has 0 aliphatic heterocycles. The number of nitrogens with one attached hydrogen (secondary N) is 1. The lowest BCUT2D eigenvalue weighted by molar-refractivity contribution is -0.590. The molecule has 1 aromatic carbocycles. The van der Waals surface area contributed by atoms with Gasteiger partial charge < -0.3 is 10.3 Å². The van der Waals surface area contributed by atoms with Crippen LogP contribution in [0.4, 0.5) is 11.5 Å². The molecule has 0 radical (unpaired) electrons. The van der Waals surface area contributed by atoms with E-state index in [0.717, 1.165) is 21.5 Å². The van der Waals surface area contributed by atoms with Crippen LogP contribution < -0.4 is 10.0 Å². The molecular weight excluding hydrogens is 290 g/mol. The number of phenols is 1. The molecule has 1 aromatic heterocycles. The quantitative estimate of drug-likeness (QED) is 0.503. The van der Waals surface area contributed by atoms with Crippen molar-refractivity contribution in [2.24, 2.45) is 0 Å². The molecule has 1 heterocycles. The van der Waals surface area contributed by atoms with E-state index in [1.165, 1.54) is 18.6 Å². The molecule has 2 rings (SSSR count). The monoisotopic (exact) mass is 315 g/mol. The van der Waals surface area contributed by atoms with Crippen LogP contribution in [0.15, 0.2) is 30.7 Å². The summed E-state index contributed by atoms with van der Waals surface area (Å²) in [5.41, 5.74) is 2.01. The van der Waals surface area contributed by atoms with E-state index in [9.17, 15) is 10.3 Å². The van der Waals surface area contributed by atoms with Crippen molar-refractivity contribution in [3.05, 3.63) is 47.1 Å². The number of aromatic nitrogens is 2. The fourth-order valence-corrected chi connectivity index (χ4v) is 2.44. The molecule has 0 aliphatic rings. The van der Waals surface area contributed by atoms with Crippen molar-refractivity contribution in [3.8, 4) is 5.75 Å². The minimum absolute atomic E-state index is 0.218. The van der Waals surface area contributed by atoms with Gasteiger partial charge >= 0.3 is 5.82 Å². The van der Waals surface area contributed by atoms with E-state index in [0.29, 0.717) is 11.6 Å². The van der Waals surface area contributed by atoms with Crippen molar-refractivity contribution in [1.82, 2.24) is 4.98 Å². The third-order valence-electron chi connectivity index (χ3n) is 3.72. The normalized spacial score (nSPS) is 12.3. The van der Waals surface area contributed by atoms with Gasteiger partial charge in [-0.2, -0.15) is 0 Å². The summed E-state index contributed by atoms with van der Waals surface area (Å²) in [6, 6.07) is 3.77. The number of aromatic hydroxyl groups is 1. The fraction of sp³-hybridized carbons (Fsp3) is 0.444. The first kappa shape index (κ1) is 17.1. The summed E-state index contributed by atoms with van der Waals surface area (Å²) < 4.78 is 0.730. The average Bonchev–Trinajstić information content (AvgIpc) is 2.40. The maximum Gasteiger partial charge on any atom is 0.301 e. The second kappa shape index (κ2) is 5.72. The Bertz CT molecular complexity index is 678. The van der Waals surface area contributed by atoms with E-state index < -0.39 is 0 Å². The third kappa shape index (κ3) is 3.73. The van der Waals surface area contributed by atoms with Gasteiger partial charge in [-0.25, -0.2) is 10.0 Å². The molecule has 2 aromatic rings. The average molecular weight is 315 g/mol. The van der Waals surface area contributed by atoms with Gasteiger partial charge in [0.25, 0.3) is 0 Å². The summed E-state index contributed by atoms with van der Waals surface area (Å²) in [5, 5.41) is 25.6. The van der Waals surface area contributed by atoms with Crippen LogP contribution in [0, 0.1) is 5.21 Å². The van der Waals surface area contributed by atoms with E-state index in [-0.39, 0.29) is 10.8 Å². The van der Waals surface area contributed by atoms with Crippen LogP contribution in [0.2, 0.25) is 0 Å². The highest BCUT2D eigenvalue weighted by Gasteiger charge is 2.27. The third-order valence-corrected chi connectivity index (χ3v) is 3.72. The lowest BCUT2D eigenvalue weighted by Crippen LogP contribution is -2.29. The van der Waals surface area contributed by atoms with E-state index in [1.54, 1.807) is 0 Å². The van der Waals surface area contributed by atoms with E-state index in [4.69, 9.17) is 0 Å². The Morgan fingerprint density at radius 3 is 2.00 bits per heavy atom. The van der Waals surface area contributed by atoms with Crippen molar-refractivity contribution in [3.63, 3.8) is 0 Å². The Hall–Kier alpha value is -2.30. The van der Waals surface area contributed by atoms with Gasteiger partial charge in [-0.05, 0) is 23.0 Å². The Balaban J connectivity index is 2.59. The maximum atomic E-state index is 11.8. The molecule has 0 spiro atoms. The largest absolute Gasteiger partial charge is 0.711 e. The topological polar surface area (TPSA) is 72.1 Å². The number of benzene rings is 1. The summed E-state index contributed by atoms with van der Waals surface area (Å²) in [4.78, 5) is 3.97. The molecule has 0 saturated heterocycles. The predicted octanol–water partition coefficient (Wildman–Crippen LogP) is 3.76. The fourth-order valence-electron chi connectivity index (χ4n) is 2.44. The number of nitrogens with zero attached hydrogens (tertiary/aromatic N) is 2. The van der Waals surface area contributed by atoms with Gasteiger partial charge in [-0.3, -0.25) is 4.98 Å². The molecule has 0 fully saturated rings. The SMILES string of the molecule is CC(C)(C)c1cc(Nc2cncc[n+]2[O-])cc(C(C)(C)C)c1O. The van der Waals surface area contributed by atoms with Gasteiger partial charge in [0.15, 0.2) is 0 Å². The number of hydrogen-bond acceptors (Lipinski definition) is 4. The zero-order valence-corrected chi connectivity index (χ0v) is 14.6. The van der Waals surface area contributed by atoms with E-state index >= 15 is 0 Å². The lowest BCUT2D eigenvalue weighted by Gasteiger charge is -2.27. The van der Waals surface area contributed by atoms with Crippen molar-refractivity contribution < 1.29 is 9.84 Å². The van der Waals surface area contributed by atoms with Gasteiger partial charge in [0.1, 0.15) is 23.8 Å². The predicted molar refractivity (Wildman–Crippen MR) is 92.0 cm³/mol. The number of anilines is 2. The van der Waals surface area contributed by atoms with Crippen LogP contribution in [0.25, 0.3) is 0 Å². The summed E-state index contributed by atoms with van der Waals surface area (Å²) in [6.45, 7) is 12.3. The van der Waals surface area contributed by atoms with Crippen molar-refractivity contribution >= 4 is 11.5 Å². The Kier molecular flexibility index (Phi) is 4.24. The highest BCUT2D eigenvalue weighted by atomic mass is 16.5. The van der Waals surface area contributed by atoms with Crippen LogP contribution in [0.5, 0.6) is 5.75 Å². The summed E-state index contributed by atoms with van der Waals surface area (Å²) in [7, 11) is 0. The highest BCUT2D eigenvalue weighted by molar-refractivity contribution is 5.62. The van der Waals surface area contributed by atoms with Gasteiger partial charge in [-0.15, -0.1) is 0 Å². The molecule has 0 saturated carbocycles. The molecule has 0 atom stereocenters. The highest BCUT2D eigenvalue weighted by Crippen LogP contribution is 2.41. The molecule has 2 N–H and O–H groups in total. The zero-order valence-electron chi connectivity index (χ0n) is 14.6. The number of rotatable bonds is 2. The van der Waals surface area contributed by atoms with Gasteiger partial charge in [0, 0.05) is 11.1 Å². The van der Waals surface area contributed by atoms with Crippen LogP contribution in [-0.4, -0.2) is 10.1 Å². The minimum Gasteiger partial charge on any atom is -0.711 e. The first-order valence-electron chi connectivity index (χ1n) is 7.68. The Morgan fingerprint density at radius 1 is 1.04 bits per heavy atom. The van der Waals surface area contributed by atoms with Crippen LogP contribution in [0.1, 0.15) is 52.7 Å². The van der Waals surface area contributed by atoms with Crippen molar-refractivity contribution in [2.75, 3.05) is 5.32 Å². The standard InChI is InChI=1S/C18H25N3O2/c1-17(2,3)13-9-12(10-14(16(13)22)18(4,5)6)20-15-11-19-7-8-21(15)23/h7-11,20,22H,1-6H3. The number of hydrogen-bond donors (Lipinski definition) is 2.